The van der Waals surface area contributed by atoms with Crippen LogP contribution in [0.5, 0.6) is 0 Å². The molecule has 1 N–H and O–H groups in total. The maximum absolute atomic E-state index is 11.2. The van der Waals surface area contributed by atoms with Gasteiger partial charge in [0, 0.05) is 11.8 Å². The van der Waals surface area contributed by atoms with Crippen molar-refractivity contribution in [3.63, 3.8) is 0 Å². The molecule has 1 aliphatic carbocycles. The molecule has 1 rings (SSSR count). The van der Waals surface area contributed by atoms with Crippen molar-refractivity contribution in [2.24, 2.45) is 23.7 Å². The lowest BCUT2D eigenvalue weighted by molar-refractivity contribution is -0.111. The van der Waals surface area contributed by atoms with Crippen LogP contribution in [0.15, 0.2) is 12.7 Å². The van der Waals surface area contributed by atoms with Crippen molar-refractivity contribution >= 4 is 11.6 Å². The smallest absolute Gasteiger partial charge is 0.0742 e. The van der Waals surface area contributed by atoms with Crippen molar-refractivity contribution in [2.45, 2.75) is 58.5 Å². The van der Waals surface area contributed by atoms with E-state index in [2.05, 4.69) is 27.4 Å². The fraction of sp³-hybridized carbons (Fsp3) is 0.875. The van der Waals surface area contributed by atoms with Gasteiger partial charge in [-0.05, 0) is 43.4 Å². The van der Waals surface area contributed by atoms with Crippen LogP contribution in [-0.2, 0) is 0 Å². The largest absolute Gasteiger partial charge is 0.389 e. The fourth-order valence-corrected chi connectivity index (χ4v) is 3.89. The zero-order valence-corrected chi connectivity index (χ0v) is 12.9. The van der Waals surface area contributed by atoms with Crippen molar-refractivity contribution in [3.05, 3.63) is 12.7 Å². The molecule has 0 aromatic carbocycles. The number of rotatable bonds is 6. The molecule has 1 nitrogen and oxygen atoms in total. The summed E-state index contributed by atoms with van der Waals surface area (Å²) in [5, 5.41) is 11.2. The van der Waals surface area contributed by atoms with Crippen LogP contribution in [0.4, 0.5) is 0 Å². The molecule has 0 heterocycles. The van der Waals surface area contributed by atoms with Crippen molar-refractivity contribution in [1.29, 1.82) is 0 Å². The van der Waals surface area contributed by atoms with E-state index in [-0.39, 0.29) is 5.92 Å². The number of aliphatic hydroxyl groups is 1. The van der Waals surface area contributed by atoms with E-state index in [4.69, 9.17) is 11.6 Å². The minimum absolute atomic E-state index is 0.186. The summed E-state index contributed by atoms with van der Waals surface area (Å²) in [6, 6.07) is 0. The number of alkyl halides is 1. The monoisotopic (exact) mass is 272 g/mol. The number of hydrogen-bond acceptors (Lipinski definition) is 1. The highest BCUT2D eigenvalue weighted by Crippen LogP contribution is 2.46. The standard InChI is InChI=1S/C16H29ClO/c1-5-14(7-6-10-17)16(18)11-13(4)8-9-15(16)12(2)3/h5,12-15,18H,1,6-11H2,2-4H3/t13-,14+,15+,16-/m1/s1. The molecule has 2 heteroatoms. The molecule has 0 aliphatic heterocycles. The Kier molecular flexibility index (Phi) is 6.20. The fourth-order valence-electron chi connectivity index (χ4n) is 3.73. The Morgan fingerprint density at radius 1 is 1.44 bits per heavy atom. The summed E-state index contributed by atoms with van der Waals surface area (Å²) in [7, 11) is 0. The van der Waals surface area contributed by atoms with E-state index in [0.717, 1.165) is 25.7 Å². The molecule has 1 saturated carbocycles. The topological polar surface area (TPSA) is 20.2 Å². The van der Waals surface area contributed by atoms with E-state index in [9.17, 15) is 5.11 Å². The molecule has 0 aromatic heterocycles. The van der Waals surface area contributed by atoms with Gasteiger partial charge in [-0.2, -0.15) is 0 Å². The van der Waals surface area contributed by atoms with E-state index >= 15 is 0 Å². The lowest BCUT2D eigenvalue weighted by Gasteiger charge is -2.48. The Morgan fingerprint density at radius 3 is 2.61 bits per heavy atom. The predicted octanol–water partition coefficient (Wildman–Crippen LogP) is 4.63. The summed E-state index contributed by atoms with van der Waals surface area (Å²) in [6.07, 6.45) is 7.17. The first kappa shape index (κ1) is 16.0. The van der Waals surface area contributed by atoms with Gasteiger partial charge in [0.05, 0.1) is 5.60 Å². The molecular formula is C16H29ClO. The quantitative estimate of drug-likeness (QED) is 0.552. The molecule has 0 aromatic rings. The van der Waals surface area contributed by atoms with Gasteiger partial charge in [-0.25, -0.2) is 0 Å². The summed E-state index contributed by atoms with van der Waals surface area (Å²) < 4.78 is 0. The molecule has 4 atom stereocenters. The molecule has 0 unspecified atom stereocenters. The Balaban J connectivity index is 2.89. The van der Waals surface area contributed by atoms with Gasteiger partial charge in [-0.1, -0.05) is 33.3 Å². The first-order chi connectivity index (χ1) is 8.45. The average Bonchev–Trinajstić information content (AvgIpc) is 2.29. The Labute approximate surface area is 118 Å². The van der Waals surface area contributed by atoms with E-state index in [1.165, 1.54) is 6.42 Å². The lowest BCUT2D eigenvalue weighted by atomic mass is 9.61. The highest BCUT2D eigenvalue weighted by Gasteiger charge is 2.46. The van der Waals surface area contributed by atoms with Crippen molar-refractivity contribution < 1.29 is 5.11 Å². The maximum atomic E-state index is 11.2. The van der Waals surface area contributed by atoms with Crippen molar-refractivity contribution in [2.75, 3.05) is 5.88 Å². The van der Waals surface area contributed by atoms with Crippen LogP contribution in [0.25, 0.3) is 0 Å². The van der Waals surface area contributed by atoms with Gasteiger partial charge in [-0.3, -0.25) is 0 Å². The van der Waals surface area contributed by atoms with E-state index in [1.807, 2.05) is 6.08 Å². The van der Waals surface area contributed by atoms with Gasteiger partial charge in [0.1, 0.15) is 0 Å². The summed E-state index contributed by atoms with van der Waals surface area (Å²) in [4.78, 5) is 0. The maximum Gasteiger partial charge on any atom is 0.0742 e. The van der Waals surface area contributed by atoms with Crippen molar-refractivity contribution in [1.82, 2.24) is 0 Å². The van der Waals surface area contributed by atoms with E-state index in [0.29, 0.717) is 23.6 Å². The predicted molar refractivity (Wildman–Crippen MR) is 79.9 cm³/mol. The third-order valence-corrected chi connectivity index (χ3v) is 4.94. The van der Waals surface area contributed by atoms with Gasteiger partial charge in [0.25, 0.3) is 0 Å². The second kappa shape index (κ2) is 6.96. The van der Waals surface area contributed by atoms with Crippen LogP contribution in [0.1, 0.15) is 52.9 Å². The SMILES string of the molecule is C=C[C@@H](CCCCl)[C@]1(O)C[C@H](C)CC[C@H]1C(C)C. The van der Waals surface area contributed by atoms with Crippen LogP contribution in [0.3, 0.4) is 0 Å². The first-order valence-electron chi connectivity index (χ1n) is 7.36. The van der Waals surface area contributed by atoms with Crippen LogP contribution in [0.2, 0.25) is 0 Å². The Bertz CT molecular complexity index is 264. The first-order valence-corrected chi connectivity index (χ1v) is 7.90. The van der Waals surface area contributed by atoms with Gasteiger partial charge >= 0.3 is 0 Å². The summed E-state index contributed by atoms with van der Waals surface area (Å²) in [5.41, 5.74) is -0.570. The average molecular weight is 273 g/mol. The minimum Gasteiger partial charge on any atom is -0.389 e. The third-order valence-electron chi connectivity index (χ3n) is 4.67. The number of hydrogen-bond donors (Lipinski definition) is 1. The second-order valence-electron chi connectivity index (χ2n) is 6.40. The highest BCUT2D eigenvalue weighted by atomic mass is 35.5. The summed E-state index contributed by atoms with van der Waals surface area (Å²) in [5.74, 6) is 2.39. The molecule has 0 bridgehead atoms. The number of halogens is 1. The zero-order chi connectivity index (χ0) is 13.8. The van der Waals surface area contributed by atoms with E-state index < -0.39 is 5.60 Å². The molecule has 0 saturated heterocycles. The Morgan fingerprint density at radius 2 is 2.11 bits per heavy atom. The van der Waals surface area contributed by atoms with Crippen molar-refractivity contribution in [3.8, 4) is 0 Å². The summed E-state index contributed by atoms with van der Waals surface area (Å²) >= 11 is 5.80. The Hall–Kier alpha value is -0.0100. The molecule has 1 fully saturated rings. The molecular weight excluding hydrogens is 244 g/mol. The van der Waals surface area contributed by atoms with E-state index in [1.54, 1.807) is 0 Å². The van der Waals surface area contributed by atoms with Crippen LogP contribution < -0.4 is 0 Å². The molecule has 0 amide bonds. The third kappa shape index (κ3) is 3.51. The minimum atomic E-state index is -0.570. The van der Waals surface area contributed by atoms with Crippen LogP contribution >= 0.6 is 11.6 Å². The second-order valence-corrected chi connectivity index (χ2v) is 6.78. The molecule has 106 valence electrons. The molecule has 0 spiro atoms. The normalized spacial score (nSPS) is 34.6. The summed E-state index contributed by atoms with van der Waals surface area (Å²) in [6.45, 7) is 10.7. The highest BCUT2D eigenvalue weighted by molar-refractivity contribution is 6.17. The molecule has 0 radical (unpaired) electrons. The molecule has 18 heavy (non-hydrogen) atoms. The van der Waals surface area contributed by atoms with Gasteiger partial charge in [0.2, 0.25) is 0 Å². The van der Waals surface area contributed by atoms with Gasteiger partial charge in [-0.15, -0.1) is 18.2 Å². The van der Waals surface area contributed by atoms with Crippen LogP contribution in [-0.4, -0.2) is 16.6 Å². The lowest BCUT2D eigenvalue weighted by Crippen LogP contribution is -2.50. The zero-order valence-electron chi connectivity index (χ0n) is 12.2. The van der Waals surface area contributed by atoms with Crippen LogP contribution in [0, 0.1) is 23.7 Å². The van der Waals surface area contributed by atoms with Gasteiger partial charge < -0.3 is 5.11 Å². The van der Waals surface area contributed by atoms with Gasteiger partial charge in [0.15, 0.2) is 0 Å². The molecule has 1 aliphatic rings.